The van der Waals surface area contributed by atoms with Gasteiger partial charge >= 0.3 is 11.9 Å². The van der Waals surface area contributed by atoms with Crippen molar-refractivity contribution in [1.29, 1.82) is 0 Å². The van der Waals surface area contributed by atoms with Crippen LogP contribution >= 0.6 is 0 Å². The summed E-state index contributed by atoms with van der Waals surface area (Å²) in [6.07, 6.45) is -0.779. The third kappa shape index (κ3) is 8.69. The van der Waals surface area contributed by atoms with E-state index in [1.165, 1.54) is 6.92 Å². The van der Waals surface area contributed by atoms with Gasteiger partial charge in [-0.05, 0) is 19.5 Å². The highest BCUT2D eigenvalue weighted by molar-refractivity contribution is 5.94. The molecule has 1 rings (SSSR count). The Labute approximate surface area is 173 Å². The topological polar surface area (TPSA) is 174 Å². The van der Waals surface area contributed by atoms with Gasteiger partial charge in [-0.15, -0.1) is 0 Å². The average Bonchev–Trinajstić information content (AvgIpc) is 2.67. The number of hydrogen-bond acceptors (Lipinski definition) is 6. The Hall–Kier alpha value is -3.47. The van der Waals surface area contributed by atoms with E-state index in [1.807, 2.05) is 0 Å². The smallest absolute Gasteiger partial charge is 0.326 e. The zero-order valence-electron chi connectivity index (χ0n) is 16.7. The second-order valence-electron chi connectivity index (χ2n) is 6.57. The molecule has 6 N–H and O–H groups in total. The van der Waals surface area contributed by atoms with Crippen molar-refractivity contribution < 1.29 is 34.2 Å². The van der Waals surface area contributed by atoms with Crippen molar-refractivity contribution in [2.75, 3.05) is 13.6 Å². The lowest BCUT2D eigenvalue weighted by atomic mass is 10.0. The predicted octanol–water partition coefficient (Wildman–Crippen LogP) is -1.52. The molecule has 3 amide bonds. The molecule has 11 heteroatoms. The van der Waals surface area contributed by atoms with E-state index in [4.69, 9.17) is 10.2 Å². The van der Waals surface area contributed by atoms with Crippen LogP contribution in [0.2, 0.25) is 0 Å². The highest BCUT2D eigenvalue weighted by Gasteiger charge is 2.29. The molecule has 1 aromatic rings. The molecular weight excluding hydrogens is 396 g/mol. The molecule has 0 heterocycles. The van der Waals surface area contributed by atoms with Crippen molar-refractivity contribution >= 4 is 29.7 Å². The lowest BCUT2D eigenvalue weighted by Gasteiger charge is -2.23. The van der Waals surface area contributed by atoms with E-state index < -0.39 is 54.2 Å². The number of carbonyl (C=O) groups excluding carboxylic acids is 3. The minimum absolute atomic E-state index is 0.00102. The van der Waals surface area contributed by atoms with Crippen molar-refractivity contribution in [1.82, 2.24) is 21.3 Å². The van der Waals surface area contributed by atoms with Gasteiger partial charge in [0.2, 0.25) is 17.7 Å². The van der Waals surface area contributed by atoms with Crippen LogP contribution in [0.1, 0.15) is 18.9 Å². The normalized spacial score (nSPS) is 13.4. The Morgan fingerprint density at radius 1 is 0.900 bits per heavy atom. The molecule has 3 atom stereocenters. The number of benzene rings is 1. The Morgan fingerprint density at radius 2 is 1.50 bits per heavy atom. The van der Waals surface area contributed by atoms with E-state index in [2.05, 4.69) is 21.3 Å². The molecule has 0 radical (unpaired) electrons. The zero-order chi connectivity index (χ0) is 22.7. The molecular formula is C19H26N4O7. The fourth-order valence-electron chi connectivity index (χ4n) is 2.52. The number of carbonyl (C=O) groups is 5. The lowest BCUT2D eigenvalue weighted by Crippen LogP contribution is -2.56. The van der Waals surface area contributed by atoms with E-state index in [-0.39, 0.29) is 13.0 Å². The molecule has 0 aliphatic carbocycles. The zero-order valence-corrected chi connectivity index (χ0v) is 16.7. The van der Waals surface area contributed by atoms with Gasteiger partial charge in [0.1, 0.15) is 18.1 Å². The van der Waals surface area contributed by atoms with Crippen LogP contribution in [0, 0.1) is 0 Å². The first-order valence-corrected chi connectivity index (χ1v) is 9.17. The second kappa shape index (κ2) is 12.2. The van der Waals surface area contributed by atoms with Crippen molar-refractivity contribution in [2.45, 2.75) is 37.9 Å². The van der Waals surface area contributed by atoms with Gasteiger partial charge < -0.3 is 31.5 Å². The molecule has 1 aromatic carbocycles. The average molecular weight is 422 g/mol. The first kappa shape index (κ1) is 24.6. The number of likely N-dealkylation sites (N-methyl/N-ethyl adjacent to an activating group) is 1. The first-order valence-electron chi connectivity index (χ1n) is 9.17. The summed E-state index contributed by atoms with van der Waals surface area (Å²) in [6, 6.07) is 4.88. The van der Waals surface area contributed by atoms with Gasteiger partial charge in [0.25, 0.3) is 0 Å². The van der Waals surface area contributed by atoms with Crippen molar-refractivity contribution in [3.05, 3.63) is 35.9 Å². The molecule has 0 spiro atoms. The Morgan fingerprint density at radius 3 is 2.03 bits per heavy atom. The minimum Gasteiger partial charge on any atom is -0.481 e. The summed E-state index contributed by atoms with van der Waals surface area (Å²) in [5.41, 5.74) is 0.690. The van der Waals surface area contributed by atoms with Crippen LogP contribution in [-0.2, 0) is 30.4 Å². The van der Waals surface area contributed by atoms with Crippen LogP contribution in [0.3, 0.4) is 0 Å². The maximum absolute atomic E-state index is 12.6. The number of amides is 3. The summed E-state index contributed by atoms with van der Waals surface area (Å²) in [4.78, 5) is 58.8. The van der Waals surface area contributed by atoms with Gasteiger partial charge in [-0.2, -0.15) is 0 Å². The van der Waals surface area contributed by atoms with Crippen LogP contribution in [0.25, 0.3) is 0 Å². The van der Waals surface area contributed by atoms with E-state index in [1.54, 1.807) is 37.4 Å². The summed E-state index contributed by atoms with van der Waals surface area (Å²) in [5.74, 6) is -4.83. The van der Waals surface area contributed by atoms with Gasteiger partial charge in [0, 0.05) is 6.42 Å². The Bertz CT molecular complexity index is 769. The molecule has 30 heavy (non-hydrogen) atoms. The van der Waals surface area contributed by atoms with Gasteiger partial charge in [-0.25, -0.2) is 4.79 Å². The Kier molecular flexibility index (Phi) is 9.97. The van der Waals surface area contributed by atoms with Crippen molar-refractivity contribution in [2.24, 2.45) is 0 Å². The summed E-state index contributed by atoms with van der Waals surface area (Å²) in [7, 11) is 1.57. The van der Waals surface area contributed by atoms with Crippen LogP contribution in [0.15, 0.2) is 30.3 Å². The molecule has 2 unspecified atom stereocenters. The quantitative estimate of drug-likeness (QED) is 0.235. The molecule has 0 bridgehead atoms. The number of hydrogen-bond donors (Lipinski definition) is 6. The van der Waals surface area contributed by atoms with Gasteiger partial charge in [-0.1, -0.05) is 30.3 Å². The molecule has 0 fully saturated rings. The van der Waals surface area contributed by atoms with Gasteiger partial charge in [0.05, 0.1) is 13.0 Å². The van der Waals surface area contributed by atoms with Gasteiger partial charge in [0.15, 0.2) is 0 Å². The van der Waals surface area contributed by atoms with Crippen LogP contribution < -0.4 is 21.3 Å². The Balaban J connectivity index is 2.94. The summed E-state index contributed by atoms with van der Waals surface area (Å²) in [6.45, 7) is 1.44. The number of aliphatic carboxylic acids is 2. The van der Waals surface area contributed by atoms with Crippen LogP contribution in [-0.4, -0.2) is 71.6 Å². The minimum atomic E-state index is -1.65. The maximum atomic E-state index is 12.6. The fourth-order valence-corrected chi connectivity index (χ4v) is 2.52. The van der Waals surface area contributed by atoms with Crippen molar-refractivity contribution in [3.63, 3.8) is 0 Å². The molecule has 0 aromatic heterocycles. The van der Waals surface area contributed by atoms with Crippen LogP contribution in [0.5, 0.6) is 0 Å². The van der Waals surface area contributed by atoms with Gasteiger partial charge in [-0.3, -0.25) is 19.2 Å². The monoisotopic (exact) mass is 422 g/mol. The molecule has 164 valence electrons. The molecule has 0 aliphatic heterocycles. The lowest BCUT2D eigenvalue weighted by molar-refractivity contribution is -0.147. The van der Waals surface area contributed by atoms with Crippen molar-refractivity contribution in [3.8, 4) is 0 Å². The summed E-state index contributed by atoms with van der Waals surface area (Å²) in [5, 5.41) is 27.7. The first-order chi connectivity index (χ1) is 14.1. The third-order valence-electron chi connectivity index (χ3n) is 4.02. The predicted molar refractivity (Wildman–Crippen MR) is 105 cm³/mol. The highest BCUT2D eigenvalue weighted by atomic mass is 16.4. The number of carboxylic acids is 2. The van der Waals surface area contributed by atoms with E-state index in [0.29, 0.717) is 5.56 Å². The SMILES string of the molecule is CNCC(=O)NC(C)C(=O)N[C@@H](Cc1ccccc1)C(=O)NC(CC(=O)O)C(=O)O. The maximum Gasteiger partial charge on any atom is 0.326 e. The molecule has 0 saturated heterocycles. The summed E-state index contributed by atoms with van der Waals surface area (Å²) < 4.78 is 0. The largest absolute Gasteiger partial charge is 0.481 e. The second-order valence-corrected chi connectivity index (χ2v) is 6.57. The highest BCUT2D eigenvalue weighted by Crippen LogP contribution is 2.05. The van der Waals surface area contributed by atoms with E-state index in [9.17, 15) is 24.0 Å². The number of nitrogens with one attached hydrogen (secondary N) is 4. The number of rotatable bonds is 12. The third-order valence-corrected chi connectivity index (χ3v) is 4.02. The molecule has 0 saturated carbocycles. The van der Waals surface area contributed by atoms with E-state index in [0.717, 1.165) is 0 Å². The van der Waals surface area contributed by atoms with E-state index >= 15 is 0 Å². The molecule has 0 aliphatic rings. The summed E-state index contributed by atoms with van der Waals surface area (Å²) >= 11 is 0. The van der Waals surface area contributed by atoms with Crippen LogP contribution in [0.4, 0.5) is 0 Å². The standard InChI is InChI=1S/C19H26N4O7/c1-11(21-15(24)10-20-2)17(27)22-13(8-12-6-4-3-5-7-12)18(28)23-14(19(29)30)9-16(25)26/h3-7,11,13-14,20H,8-10H2,1-2H3,(H,21,24)(H,22,27)(H,23,28)(H,25,26)(H,29,30)/t11?,13-,14?/m0/s1. The fraction of sp³-hybridized carbons (Fsp3) is 0.421. The number of carboxylic acid groups (broad SMARTS) is 2. The molecule has 11 nitrogen and oxygen atoms in total.